The zero-order valence-electron chi connectivity index (χ0n) is 16.2. The van der Waals surface area contributed by atoms with Crippen LogP contribution in [0.1, 0.15) is 50.9 Å². The topological polar surface area (TPSA) is 52.6 Å². The maximum absolute atomic E-state index is 4.45. The van der Waals surface area contributed by atoms with Gasteiger partial charge in [-0.15, -0.1) is 11.3 Å². The Morgan fingerprint density at radius 3 is 2.42 bits per heavy atom. The number of aliphatic imine (C=N–C) groups is 1. The van der Waals surface area contributed by atoms with Crippen LogP contribution in [0.15, 0.2) is 11.2 Å². The van der Waals surface area contributed by atoms with Crippen molar-refractivity contribution in [3.05, 3.63) is 16.1 Å². The SMILES string of the molecule is CCc1cnc(CCNC(=NC)NCCCN(C(C)C)C(C)C)s1. The third-order valence-electron chi connectivity index (χ3n) is 4.02. The smallest absolute Gasteiger partial charge is 0.190 e. The predicted octanol–water partition coefficient (Wildman–Crippen LogP) is 2.92. The molecule has 0 bridgehead atoms. The van der Waals surface area contributed by atoms with Crippen LogP contribution in [-0.4, -0.2) is 54.6 Å². The number of guanidine groups is 1. The third kappa shape index (κ3) is 7.62. The highest BCUT2D eigenvalue weighted by Crippen LogP contribution is 2.13. The van der Waals surface area contributed by atoms with E-state index < -0.39 is 0 Å². The molecule has 0 radical (unpaired) electrons. The standard InChI is InChI=1S/C18H35N5S/c1-7-16-13-22-17(24-16)9-11-21-18(19-6)20-10-8-12-23(14(2)3)15(4)5/h13-15H,7-12H2,1-6H3,(H2,19,20,21). The summed E-state index contributed by atoms with van der Waals surface area (Å²) in [5.41, 5.74) is 0. The van der Waals surface area contributed by atoms with Gasteiger partial charge in [-0.1, -0.05) is 6.92 Å². The van der Waals surface area contributed by atoms with Crippen molar-refractivity contribution >= 4 is 17.3 Å². The van der Waals surface area contributed by atoms with Gasteiger partial charge in [0, 0.05) is 56.3 Å². The predicted molar refractivity (Wildman–Crippen MR) is 106 cm³/mol. The Hall–Kier alpha value is -1.14. The normalized spacial score (nSPS) is 12.5. The van der Waals surface area contributed by atoms with E-state index >= 15 is 0 Å². The Morgan fingerprint density at radius 1 is 1.21 bits per heavy atom. The summed E-state index contributed by atoms with van der Waals surface area (Å²) in [7, 11) is 1.82. The Kier molecular flexibility index (Phi) is 9.95. The first kappa shape index (κ1) is 20.9. The van der Waals surface area contributed by atoms with Crippen LogP contribution in [0.5, 0.6) is 0 Å². The van der Waals surface area contributed by atoms with Crippen molar-refractivity contribution in [2.75, 3.05) is 26.7 Å². The van der Waals surface area contributed by atoms with Crippen LogP contribution in [0.2, 0.25) is 0 Å². The van der Waals surface area contributed by atoms with E-state index in [4.69, 9.17) is 0 Å². The number of rotatable bonds is 10. The Morgan fingerprint density at radius 2 is 1.88 bits per heavy atom. The molecule has 0 saturated heterocycles. The summed E-state index contributed by atoms with van der Waals surface area (Å²) in [6.45, 7) is 14.1. The van der Waals surface area contributed by atoms with Crippen molar-refractivity contribution in [3.8, 4) is 0 Å². The Balaban J connectivity index is 2.23. The van der Waals surface area contributed by atoms with Gasteiger partial charge in [0.2, 0.25) is 0 Å². The first-order valence-electron chi connectivity index (χ1n) is 9.11. The highest BCUT2D eigenvalue weighted by Gasteiger charge is 2.12. The molecule has 138 valence electrons. The summed E-state index contributed by atoms with van der Waals surface area (Å²) < 4.78 is 0. The van der Waals surface area contributed by atoms with Crippen LogP contribution in [0.25, 0.3) is 0 Å². The minimum atomic E-state index is 0.591. The van der Waals surface area contributed by atoms with Gasteiger partial charge in [0.05, 0.1) is 5.01 Å². The van der Waals surface area contributed by atoms with E-state index in [0.717, 1.165) is 44.9 Å². The van der Waals surface area contributed by atoms with Crippen molar-refractivity contribution in [2.24, 2.45) is 4.99 Å². The van der Waals surface area contributed by atoms with Crippen LogP contribution in [-0.2, 0) is 12.8 Å². The van der Waals surface area contributed by atoms with Crippen LogP contribution in [0.3, 0.4) is 0 Å². The van der Waals surface area contributed by atoms with Crippen molar-refractivity contribution in [3.63, 3.8) is 0 Å². The molecule has 0 saturated carbocycles. The second-order valence-electron chi connectivity index (χ2n) is 6.53. The zero-order chi connectivity index (χ0) is 17.9. The van der Waals surface area contributed by atoms with Crippen LogP contribution in [0, 0.1) is 0 Å². The molecule has 0 aromatic carbocycles. The average Bonchev–Trinajstić information content (AvgIpc) is 3.00. The minimum Gasteiger partial charge on any atom is -0.356 e. The van der Waals surface area contributed by atoms with Crippen LogP contribution >= 0.6 is 11.3 Å². The van der Waals surface area contributed by atoms with E-state index in [0.29, 0.717) is 12.1 Å². The average molecular weight is 354 g/mol. The maximum atomic E-state index is 4.45. The second kappa shape index (κ2) is 11.4. The molecule has 5 nitrogen and oxygen atoms in total. The Labute approximate surface area is 152 Å². The number of hydrogen-bond donors (Lipinski definition) is 2. The van der Waals surface area contributed by atoms with Gasteiger partial charge in [-0.05, 0) is 40.5 Å². The molecule has 0 spiro atoms. The molecule has 1 heterocycles. The summed E-state index contributed by atoms with van der Waals surface area (Å²) in [5, 5.41) is 7.97. The molecular formula is C18H35N5S. The monoisotopic (exact) mass is 353 g/mol. The third-order valence-corrected chi connectivity index (χ3v) is 5.22. The van der Waals surface area contributed by atoms with E-state index in [9.17, 15) is 0 Å². The van der Waals surface area contributed by atoms with E-state index in [-0.39, 0.29) is 0 Å². The largest absolute Gasteiger partial charge is 0.356 e. The number of nitrogens with zero attached hydrogens (tertiary/aromatic N) is 3. The van der Waals surface area contributed by atoms with Gasteiger partial charge in [0.15, 0.2) is 5.96 Å². The van der Waals surface area contributed by atoms with Gasteiger partial charge in [0.25, 0.3) is 0 Å². The molecule has 0 atom stereocenters. The quantitative estimate of drug-likeness (QED) is 0.386. The summed E-state index contributed by atoms with van der Waals surface area (Å²) in [6, 6.07) is 1.18. The Bertz CT molecular complexity index is 474. The van der Waals surface area contributed by atoms with Gasteiger partial charge in [0.1, 0.15) is 0 Å². The fraction of sp³-hybridized carbons (Fsp3) is 0.778. The second-order valence-corrected chi connectivity index (χ2v) is 7.73. The summed E-state index contributed by atoms with van der Waals surface area (Å²) in [6.07, 6.45) is 5.11. The number of aromatic nitrogens is 1. The molecule has 0 aliphatic carbocycles. The summed E-state index contributed by atoms with van der Waals surface area (Å²) >= 11 is 1.81. The summed E-state index contributed by atoms with van der Waals surface area (Å²) in [4.78, 5) is 12.6. The van der Waals surface area contributed by atoms with Gasteiger partial charge in [-0.25, -0.2) is 4.98 Å². The summed E-state index contributed by atoms with van der Waals surface area (Å²) in [5.74, 6) is 0.878. The van der Waals surface area contributed by atoms with Gasteiger partial charge in [-0.2, -0.15) is 0 Å². The maximum Gasteiger partial charge on any atom is 0.190 e. The van der Waals surface area contributed by atoms with Gasteiger partial charge in [-0.3, -0.25) is 9.89 Å². The molecule has 0 fully saturated rings. The van der Waals surface area contributed by atoms with Crippen molar-refractivity contribution in [1.82, 2.24) is 20.5 Å². The molecule has 1 rings (SSSR count). The molecule has 0 aliphatic heterocycles. The molecule has 24 heavy (non-hydrogen) atoms. The minimum absolute atomic E-state index is 0.591. The number of thiazole rings is 1. The molecule has 0 aliphatic rings. The number of nitrogens with one attached hydrogen (secondary N) is 2. The van der Waals surface area contributed by atoms with Gasteiger partial charge < -0.3 is 10.6 Å². The van der Waals surface area contributed by atoms with Crippen molar-refractivity contribution < 1.29 is 0 Å². The fourth-order valence-electron chi connectivity index (χ4n) is 2.72. The fourth-order valence-corrected chi connectivity index (χ4v) is 3.58. The van der Waals surface area contributed by atoms with Crippen LogP contribution < -0.4 is 10.6 Å². The first-order chi connectivity index (χ1) is 11.5. The molecule has 1 aromatic rings. The number of aryl methyl sites for hydroxylation is 1. The molecule has 6 heteroatoms. The lowest BCUT2D eigenvalue weighted by molar-refractivity contribution is 0.173. The molecular weight excluding hydrogens is 318 g/mol. The lowest BCUT2D eigenvalue weighted by Gasteiger charge is -2.30. The van der Waals surface area contributed by atoms with Crippen molar-refractivity contribution in [1.29, 1.82) is 0 Å². The first-order valence-corrected chi connectivity index (χ1v) is 9.93. The van der Waals surface area contributed by atoms with E-state index in [2.05, 4.69) is 60.1 Å². The molecule has 0 amide bonds. The van der Waals surface area contributed by atoms with Gasteiger partial charge >= 0.3 is 0 Å². The zero-order valence-corrected chi connectivity index (χ0v) is 17.0. The van der Waals surface area contributed by atoms with Crippen molar-refractivity contribution in [2.45, 2.75) is 66.0 Å². The highest BCUT2D eigenvalue weighted by atomic mass is 32.1. The highest BCUT2D eigenvalue weighted by molar-refractivity contribution is 7.11. The molecule has 1 aromatic heterocycles. The van der Waals surface area contributed by atoms with Crippen LogP contribution in [0.4, 0.5) is 0 Å². The van der Waals surface area contributed by atoms with E-state index in [1.807, 2.05) is 13.2 Å². The lowest BCUT2D eigenvalue weighted by Crippen LogP contribution is -2.41. The van der Waals surface area contributed by atoms with E-state index in [1.54, 1.807) is 11.3 Å². The molecule has 0 unspecified atom stereocenters. The molecule has 2 N–H and O–H groups in total. The number of hydrogen-bond acceptors (Lipinski definition) is 4. The van der Waals surface area contributed by atoms with E-state index in [1.165, 1.54) is 9.88 Å². The lowest BCUT2D eigenvalue weighted by atomic mass is 10.2.